The van der Waals surface area contributed by atoms with Gasteiger partial charge in [-0.2, -0.15) is 0 Å². The van der Waals surface area contributed by atoms with E-state index in [0.29, 0.717) is 45.7 Å². The first-order chi connectivity index (χ1) is 11.6. The van der Waals surface area contributed by atoms with E-state index in [4.69, 9.17) is 4.74 Å². The molecule has 0 aliphatic carbocycles. The Bertz CT molecular complexity index is 565. The third-order valence-corrected chi connectivity index (χ3v) is 4.10. The molecule has 1 aliphatic heterocycles. The second-order valence-corrected chi connectivity index (χ2v) is 5.98. The Morgan fingerprint density at radius 1 is 1.46 bits per heavy atom. The lowest BCUT2D eigenvalue weighted by Gasteiger charge is -2.32. The number of piperidine rings is 1. The zero-order chi connectivity index (χ0) is 17.4. The molecule has 2 rings (SSSR count). The summed E-state index contributed by atoms with van der Waals surface area (Å²) >= 11 is 0. The average Bonchev–Trinajstić information content (AvgIpc) is 2.56. The topological polar surface area (TPSA) is 58.6 Å². The molecule has 6 heteroatoms. The number of likely N-dealkylation sites (tertiary alicyclic amines) is 1. The van der Waals surface area contributed by atoms with E-state index in [1.54, 1.807) is 17.0 Å². The first-order valence-electron chi connectivity index (χ1n) is 8.47. The monoisotopic (exact) mass is 336 g/mol. The highest BCUT2D eigenvalue weighted by Crippen LogP contribution is 2.20. The third kappa shape index (κ3) is 5.60. The van der Waals surface area contributed by atoms with E-state index in [2.05, 4.69) is 5.32 Å². The summed E-state index contributed by atoms with van der Waals surface area (Å²) in [6.45, 7) is 4.54. The highest BCUT2D eigenvalue weighted by atomic mass is 19.1. The van der Waals surface area contributed by atoms with Gasteiger partial charge in [0.2, 0.25) is 11.8 Å². The van der Waals surface area contributed by atoms with E-state index in [0.717, 1.165) is 12.0 Å². The number of carbonyl (C=O) groups is 2. The first kappa shape index (κ1) is 18.4. The smallest absolute Gasteiger partial charge is 0.224 e. The molecule has 1 heterocycles. The molecule has 1 fully saturated rings. The number of carbonyl (C=O) groups excluding carboxylic acids is 2. The van der Waals surface area contributed by atoms with Crippen molar-refractivity contribution in [1.29, 1.82) is 0 Å². The highest BCUT2D eigenvalue weighted by molar-refractivity contribution is 5.83. The van der Waals surface area contributed by atoms with Gasteiger partial charge in [0, 0.05) is 39.3 Å². The lowest BCUT2D eigenvalue weighted by atomic mass is 9.96. The lowest BCUT2D eigenvalue weighted by Crippen LogP contribution is -2.45. The Morgan fingerprint density at radius 3 is 3.04 bits per heavy atom. The lowest BCUT2D eigenvalue weighted by molar-refractivity contribution is -0.138. The van der Waals surface area contributed by atoms with E-state index in [1.807, 2.05) is 6.92 Å². The van der Waals surface area contributed by atoms with Crippen LogP contribution in [0.4, 0.5) is 4.39 Å². The molecule has 1 atom stereocenters. The zero-order valence-corrected chi connectivity index (χ0v) is 14.1. The maximum absolute atomic E-state index is 13.3. The van der Waals surface area contributed by atoms with Crippen LogP contribution in [0.15, 0.2) is 24.3 Å². The molecule has 1 saturated heterocycles. The van der Waals surface area contributed by atoms with E-state index >= 15 is 0 Å². The van der Waals surface area contributed by atoms with Gasteiger partial charge < -0.3 is 15.0 Å². The van der Waals surface area contributed by atoms with Crippen molar-refractivity contribution in [3.8, 4) is 0 Å². The quantitative estimate of drug-likeness (QED) is 0.740. The standard InChI is InChI=1S/C18H25FN2O3/c1-2-24-10-4-9-20-18(23)15-7-8-17(22)21(13-15)12-14-5-3-6-16(19)11-14/h3,5-6,11,15H,2,4,7-10,12-13H2,1H3,(H,20,23). The van der Waals surface area contributed by atoms with Gasteiger partial charge in [0.15, 0.2) is 0 Å². The Kier molecular flexibility index (Phi) is 7.18. The molecule has 2 amide bonds. The largest absolute Gasteiger partial charge is 0.382 e. The van der Waals surface area contributed by atoms with Gasteiger partial charge in [-0.3, -0.25) is 9.59 Å². The molecule has 24 heavy (non-hydrogen) atoms. The fourth-order valence-corrected chi connectivity index (χ4v) is 2.81. The Labute approximate surface area is 142 Å². The zero-order valence-electron chi connectivity index (χ0n) is 14.1. The Morgan fingerprint density at radius 2 is 2.29 bits per heavy atom. The summed E-state index contributed by atoms with van der Waals surface area (Å²) < 4.78 is 18.5. The van der Waals surface area contributed by atoms with Crippen molar-refractivity contribution in [2.24, 2.45) is 5.92 Å². The number of benzene rings is 1. The normalized spacial score (nSPS) is 17.8. The molecule has 1 unspecified atom stereocenters. The van der Waals surface area contributed by atoms with Crippen LogP contribution in [0.5, 0.6) is 0 Å². The average molecular weight is 336 g/mol. The molecular formula is C18H25FN2O3. The van der Waals surface area contributed by atoms with Crippen molar-refractivity contribution < 1.29 is 18.7 Å². The van der Waals surface area contributed by atoms with Gasteiger partial charge >= 0.3 is 0 Å². The van der Waals surface area contributed by atoms with Crippen LogP contribution in [-0.2, 0) is 20.9 Å². The molecule has 1 aromatic carbocycles. The number of hydrogen-bond acceptors (Lipinski definition) is 3. The number of nitrogens with one attached hydrogen (secondary N) is 1. The fourth-order valence-electron chi connectivity index (χ4n) is 2.81. The second-order valence-electron chi connectivity index (χ2n) is 5.98. The predicted octanol–water partition coefficient (Wildman–Crippen LogP) is 2.11. The first-order valence-corrected chi connectivity index (χ1v) is 8.47. The van der Waals surface area contributed by atoms with Crippen molar-refractivity contribution in [1.82, 2.24) is 10.2 Å². The van der Waals surface area contributed by atoms with E-state index in [9.17, 15) is 14.0 Å². The molecule has 1 aliphatic rings. The summed E-state index contributed by atoms with van der Waals surface area (Å²) in [5.41, 5.74) is 0.737. The molecule has 0 bridgehead atoms. The number of halogens is 1. The van der Waals surface area contributed by atoms with Gasteiger partial charge in [0.05, 0.1) is 5.92 Å². The molecule has 0 spiro atoms. The van der Waals surface area contributed by atoms with Crippen LogP contribution in [0.1, 0.15) is 31.7 Å². The number of amides is 2. The van der Waals surface area contributed by atoms with Crippen molar-refractivity contribution in [2.75, 3.05) is 26.3 Å². The summed E-state index contributed by atoms with van der Waals surface area (Å²) in [6.07, 6.45) is 1.69. The highest BCUT2D eigenvalue weighted by Gasteiger charge is 2.30. The van der Waals surface area contributed by atoms with E-state index in [-0.39, 0.29) is 23.5 Å². The van der Waals surface area contributed by atoms with Crippen molar-refractivity contribution in [3.05, 3.63) is 35.6 Å². The molecule has 0 aromatic heterocycles. The van der Waals surface area contributed by atoms with E-state index < -0.39 is 0 Å². The van der Waals surface area contributed by atoms with Crippen molar-refractivity contribution in [2.45, 2.75) is 32.7 Å². The maximum Gasteiger partial charge on any atom is 0.224 e. The number of ether oxygens (including phenoxy) is 1. The van der Waals surface area contributed by atoms with Crippen LogP contribution < -0.4 is 5.32 Å². The van der Waals surface area contributed by atoms with Crippen LogP contribution in [0.25, 0.3) is 0 Å². The summed E-state index contributed by atoms with van der Waals surface area (Å²) in [6, 6.07) is 6.21. The van der Waals surface area contributed by atoms with Gasteiger partial charge in [-0.15, -0.1) is 0 Å². The van der Waals surface area contributed by atoms with E-state index in [1.165, 1.54) is 12.1 Å². The van der Waals surface area contributed by atoms with Crippen molar-refractivity contribution in [3.63, 3.8) is 0 Å². The van der Waals surface area contributed by atoms with Gasteiger partial charge in [-0.1, -0.05) is 12.1 Å². The van der Waals surface area contributed by atoms with Crippen LogP contribution in [-0.4, -0.2) is 43.0 Å². The van der Waals surface area contributed by atoms with Gasteiger partial charge in [0.25, 0.3) is 0 Å². The Balaban J connectivity index is 1.83. The number of nitrogens with zero attached hydrogens (tertiary/aromatic N) is 1. The molecular weight excluding hydrogens is 311 g/mol. The second kappa shape index (κ2) is 9.37. The predicted molar refractivity (Wildman–Crippen MR) is 88.7 cm³/mol. The number of hydrogen-bond donors (Lipinski definition) is 1. The minimum atomic E-state index is -0.319. The maximum atomic E-state index is 13.3. The Hall–Kier alpha value is -1.95. The van der Waals surface area contributed by atoms with Gasteiger partial charge in [-0.05, 0) is 37.5 Å². The molecule has 132 valence electrons. The van der Waals surface area contributed by atoms with Crippen LogP contribution in [0.2, 0.25) is 0 Å². The molecule has 1 N–H and O–H groups in total. The van der Waals surface area contributed by atoms with Gasteiger partial charge in [0.1, 0.15) is 5.82 Å². The van der Waals surface area contributed by atoms with Crippen molar-refractivity contribution >= 4 is 11.8 Å². The summed E-state index contributed by atoms with van der Waals surface area (Å²) in [7, 11) is 0. The number of rotatable bonds is 8. The van der Waals surface area contributed by atoms with Crippen LogP contribution in [0.3, 0.4) is 0 Å². The summed E-state index contributed by atoms with van der Waals surface area (Å²) in [5, 5.41) is 2.90. The molecule has 5 nitrogen and oxygen atoms in total. The molecule has 1 aromatic rings. The summed E-state index contributed by atoms with van der Waals surface area (Å²) in [4.78, 5) is 25.9. The third-order valence-electron chi connectivity index (χ3n) is 4.10. The fraction of sp³-hybridized carbons (Fsp3) is 0.556. The minimum absolute atomic E-state index is 0.0136. The molecule has 0 radical (unpaired) electrons. The van der Waals surface area contributed by atoms with Crippen LogP contribution in [0, 0.1) is 11.7 Å². The SMILES string of the molecule is CCOCCCNC(=O)C1CCC(=O)N(Cc2cccc(F)c2)C1. The van der Waals surface area contributed by atoms with Gasteiger partial charge in [-0.25, -0.2) is 4.39 Å². The van der Waals surface area contributed by atoms with Crippen LogP contribution >= 0.6 is 0 Å². The summed E-state index contributed by atoms with van der Waals surface area (Å²) in [5.74, 6) is -0.535. The molecule has 0 saturated carbocycles. The minimum Gasteiger partial charge on any atom is -0.382 e.